The molecule has 0 aliphatic rings. The van der Waals surface area contributed by atoms with Crippen molar-refractivity contribution >= 4 is 21.6 Å². The van der Waals surface area contributed by atoms with Gasteiger partial charge in [-0.2, -0.15) is 0 Å². The van der Waals surface area contributed by atoms with Crippen LogP contribution in [0.25, 0.3) is 0 Å². The molecule has 0 aliphatic heterocycles. The van der Waals surface area contributed by atoms with Crippen LogP contribution in [0.15, 0.2) is 22.7 Å². The number of nitrogens with one attached hydrogen (secondary N) is 1. The molecule has 0 spiro atoms. The van der Waals surface area contributed by atoms with Crippen molar-refractivity contribution in [2.75, 3.05) is 25.0 Å². The van der Waals surface area contributed by atoms with Crippen molar-refractivity contribution in [1.29, 1.82) is 0 Å². The first-order chi connectivity index (χ1) is 8.90. The molecule has 0 aliphatic carbocycles. The number of anilines is 1. The molecule has 0 atom stereocenters. The Labute approximate surface area is 126 Å². The Balaban J connectivity index is 2.63. The van der Waals surface area contributed by atoms with Crippen molar-refractivity contribution in [3.63, 3.8) is 0 Å². The number of hydrogen-bond acceptors (Lipinski definition) is 2. The van der Waals surface area contributed by atoms with Crippen molar-refractivity contribution in [1.82, 2.24) is 5.32 Å². The summed E-state index contributed by atoms with van der Waals surface area (Å²) in [6.45, 7) is 12.0. The Hall–Kier alpha value is -0.540. The number of rotatable bonds is 7. The van der Waals surface area contributed by atoms with Crippen LogP contribution in [0.1, 0.15) is 33.3 Å². The lowest BCUT2D eigenvalue weighted by Crippen LogP contribution is -2.23. The largest absolute Gasteiger partial charge is 0.374 e. The first kappa shape index (κ1) is 16.5. The number of benzene rings is 1. The molecule has 1 aromatic rings. The zero-order valence-corrected chi connectivity index (χ0v) is 14.4. The Kier molecular flexibility index (Phi) is 6.87. The molecule has 1 rings (SSSR count). The fourth-order valence-electron chi connectivity index (χ4n) is 2.07. The van der Waals surface area contributed by atoms with Gasteiger partial charge in [-0.1, -0.05) is 49.7 Å². The quantitative estimate of drug-likeness (QED) is 0.804. The molecule has 0 aromatic heterocycles. The lowest BCUT2D eigenvalue weighted by atomic mass is 10.1. The summed E-state index contributed by atoms with van der Waals surface area (Å²) < 4.78 is 1.19. The molecule has 0 amide bonds. The average Bonchev–Trinajstić information content (AvgIpc) is 2.29. The van der Waals surface area contributed by atoms with Gasteiger partial charge in [-0.25, -0.2) is 0 Å². The Morgan fingerprint density at radius 3 is 2.37 bits per heavy atom. The molecule has 2 nitrogen and oxygen atoms in total. The van der Waals surface area contributed by atoms with E-state index in [1.54, 1.807) is 0 Å². The van der Waals surface area contributed by atoms with Crippen LogP contribution in [-0.2, 0) is 6.54 Å². The molecular formula is C16H27BrN2. The molecule has 1 N–H and O–H groups in total. The predicted molar refractivity (Wildman–Crippen MR) is 88.8 cm³/mol. The number of halogens is 1. The molecule has 108 valence electrons. The minimum absolute atomic E-state index is 0.677. The van der Waals surface area contributed by atoms with Crippen molar-refractivity contribution in [2.45, 2.75) is 34.2 Å². The number of nitrogens with zero attached hydrogens (tertiary/aromatic N) is 1. The lowest BCUT2D eigenvalue weighted by molar-refractivity contribution is 0.552. The standard InChI is InChI=1S/C16H27BrN2/c1-12(2)9-18-10-14-6-7-15(8-16(14)17)19(5)11-13(3)4/h6-8,12-13,18H,9-11H2,1-5H3. The number of hydrogen-bond donors (Lipinski definition) is 1. The molecule has 0 saturated carbocycles. The van der Waals surface area contributed by atoms with E-state index in [1.165, 1.54) is 15.7 Å². The Morgan fingerprint density at radius 2 is 1.84 bits per heavy atom. The first-order valence-electron chi connectivity index (χ1n) is 7.10. The molecule has 0 heterocycles. The van der Waals surface area contributed by atoms with Crippen LogP contribution in [0.2, 0.25) is 0 Å². The van der Waals surface area contributed by atoms with E-state index >= 15 is 0 Å². The molecule has 3 heteroatoms. The smallest absolute Gasteiger partial charge is 0.0375 e. The minimum Gasteiger partial charge on any atom is -0.374 e. The van der Waals surface area contributed by atoms with Gasteiger partial charge < -0.3 is 10.2 Å². The van der Waals surface area contributed by atoms with E-state index in [4.69, 9.17) is 0 Å². The molecule has 1 aromatic carbocycles. The lowest BCUT2D eigenvalue weighted by Gasteiger charge is -2.22. The summed E-state index contributed by atoms with van der Waals surface area (Å²) in [5.74, 6) is 1.37. The van der Waals surface area contributed by atoms with Gasteiger partial charge in [0.05, 0.1) is 0 Å². The van der Waals surface area contributed by atoms with Gasteiger partial charge in [0, 0.05) is 30.3 Å². The fourth-order valence-corrected chi connectivity index (χ4v) is 2.57. The zero-order valence-electron chi connectivity index (χ0n) is 12.8. The summed E-state index contributed by atoms with van der Waals surface area (Å²) in [6, 6.07) is 6.64. The van der Waals surface area contributed by atoms with E-state index in [0.717, 1.165) is 19.6 Å². The first-order valence-corrected chi connectivity index (χ1v) is 7.89. The van der Waals surface area contributed by atoms with Crippen molar-refractivity contribution in [2.24, 2.45) is 11.8 Å². The van der Waals surface area contributed by atoms with Gasteiger partial charge in [0.15, 0.2) is 0 Å². The second kappa shape index (κ2) is 7.91. The van der Waals surface area contributed by atoms with E-state index in [2.05, 4.69) is 79.1 Å². The minimum atomic E-state index is 0.677. The van der Waals surface area contributed by atoms with Crippen LogP contribution < -0.4 is 10.2 Å². The van der Waals surface area contributed by atoms with Crippen molar-refractivity contribution in [3.05, 3.63) is 28.2 Å². The fraction of sp³-hybridized carbons (Fsp3) is 0.625. The van der Waals surface area contributed by atoms with Crippen molar-refractivity contribution < 1.29 is 0 Å². The van der Waals surface area contributed by atoms with Crippen molar-refractivity contribution in [3.8, 4) is 0 Å². The van der Waals surface area contributed by atoms with Crippen LogP contribution in [0.3, 0.4) is 0 Å². The third-order valence-electron chi connectivity index (χ3n) is 2.98. The molecule has 0 unspecified atom stereocenters. The topological polar surface area (TPSA) is 15.3 Å². The second-order valence-electron chi connectivity index (χ2n) is 6.07. The van der Waals surface area contributed by atoms with Crippen LogP contribution in [0.5, 0.6) is 0 Å². The normalized spacial score (nSPS) is 11.4. The van der Waals surface area contributed by atoms with Crippen LogP contribution in [0, 0.1) is 11.8 Å². The maximum atomic E-state index is 3.68. The van der Waals surface area contributed by atoms with Crippen LogP contribution in [0.4, 0.5) is 5.69 Å². The van der Waals surface area contributed by atoms with Gasteiger partial charge >= 0.3 is 0 Å². The van der Waals surface area contributed by atoms with Gasteiger partial charge in [-0.15, -0.1) is 0 Å². The Morgan fingerprint density at radius 1 is 1.16 bits per heavy atom. The van der Waals surface area contributed by atoms with E-state index in [9.17, 15) is 0 Å². The van der Waals surface area contributed by atoms with E-state index in [1.807, 2.05) is 0 Å². The maximum Gasteiger partial charge on any atom is 0.0375 e. The summed E-state index contributed by atoms with van der Waals surface area (Å²) >= 11 is 3.68. The maximum absolute atomic E-state index is 3.68. The van der Waals surface area contributed by atoms with Gasteiger partial charge in [-0.05, 0) is 36.1 Å². The highest BCUT2D eigenvalue weighted by Crippen LogP contribution is 2.24. The average molecular weight is 327 g/mol. The molecule has 0 fully saturated rings. The highest BCUT2D eigenvalue weighted by atomic mass is 79.9. The van der Waals surface area contributed by atoms with E-state index < -0.39 is 0 Å². The summed E-state index contributed by atoms with van der Waals surface area (Å²) in [4.78, 5) is 2.31. The summed E-state index contributed by atoms with van der Waals surface area (Å²) in [5, 5.41) is 3.48. The van der Waals surface area contributed by atoms with Crippen LogP contribution in [-0.4, -0.2) is 20.1 Å². The van der Waals surface area contributed by atoms with E-state index in [0.29, 0.717) is 11.8 Å². The molecule has 0 radical (unpaired) electrons. The third kappa shape index (κ3) is 5.96. The van der Waals surface area contributed by atoms with Crippen LogP contribution >= 0.6 is 15.9 Å². The monoisotopic (exact) mass is 326 g/mol. The molecular weight excluding hydrogens is 300 g/mol. The zero-order chi connectivity index (χ0) is 14.4. The molecule has 19 heavy (non-hydrogen) atoms. The highest BCUT2D eigenvalue weighted by Gasteiger charge is 2.06. The molecule has 0 saturated heterocycles. The second-order valence-corrected chi connectivity index (χ2v) is 6.93. The molecule has 0 bridgehead atoms. The van der Waals surface area contributed by atoms with E-state index in [-0.39, 0.29) is 0 Å². The predicted octanol–water partition coefficient (Wildman–Crippen LogP) is 4.29. The summed E-state index contributed by atoms with van der Waals surface area (Å²) in [6.07, 6.45) is 0. The van der Waals surface area contributed by atoms with Gasteiger partial charge in [0.25, 0.3) is 0 Å². The van der Waals surface area contributed by atoms with Gasteiger partial charge in [-0.3, -0.25) is 0 Å². The third-order valence-corrected chi connectivity index (χ3v) is 3.72. The summed E-state index contributed by atoms with van der Waals surface area (Å²) in [5.41, 5.74) is 2.59. The Bertz CT molecular complexity index is 388. The van der Waals surface area contributed by atoms with Gasteiger partial charge in [0.2, 0.25) is 0 Å². The SMILES string of the molecule is CC(C)CNCc1ccc(N(C)CC(C)C)cc1Br. The highest BCUT2D eigenvalue weighted by molar-refractivity contribution is 9.10. The van der Waals surface area contributed by atoms with Gasteiger partial charge in [0.1, 0.15) is 0 Å². The summed E-state index contributed by atoms with van der Waals surface area (Å²) in [7, 11) is 2.15.